The van der Waals surface area contributed by atoms with Crippen LogP contribution in [-0.2, 0) is 0 Å². The van der Waals surface area contributed by atoms with Crippen LogP contribution in [-0.4, -0.2) is 17.6 Å². The fourth-order valence-corrected chi connectivity index (χ4v) is 3.87. The van der Waals surface area contributed by atoms with Gasteiger partial charge in [-0.25, -0.2) is 0 Å². The summed E-state index contributed by atoms with van der Waals surface area (Å²) >= 11 is 2.22. The molecule has 0 aliphatic carbocycles. The van der Waals surface area contributed by atoms with Gasteiger partial charge in [-0.2, -0.15) is 0 Å². The highest BCUT2D eigenvalue weighted by molar-refractivity contribution is 14.1. The number of carbonyl (C=O) groups is 2. The van der Waals surface area contributed by atoms with Crippen LogP contribution in [0.4, 0.5) is 11.4 Å². The number of rotatable bonds is 4. The molecule has 0 fully saturated rings. The number of hydrogen-bond acceptors (Lipinski definition) is 4. The highest BCUT2D eigenvalue weighted by Crippen LogP contribution is 2.36. The van der Waals surface area contributed by atoms with Gasteiger partial charge in [0.25, 0.3) is 0 Å². The van der Waals surface area contributed by atoms with E-state index in [0.717, 1.165) is 14.8 Å². The van der Waals surface area contributed by atoms with Crippen molar-refractivity contribution in [3.63, 3.8) is 0 Å². The molecule has 3 aromatic carbocycles. The molecule has 0 saturated carbocycles. The third-order valence-electron chi connectivity index (χ3n) is 4.86. The van der Waals surface area contributed by atoms with Gasteiger partial charge in [0.2, 0.25) is 0 Å². The van der Waals surface area contributed by atoms with E-state index in [4.69, 9.17) is 5.73 Å². The number of nitrogen functional groups attached to an aromatic ring is 1. The lowest BCUT2D eigenvalue weighted by Crippen LogP contribution is -2.35. The Morgan fingerprint density at radius 3 is 2.33 bits per heavy atom. The van der Waals surface area contributed by atoms with Crippen molar-refractivity contribution in [3.05, 3.63) is 93.1 Å². The largest absolute Gasteiger partial charge is 0.398 e. The predicted molar refractivity (Wildman–Crippen MR) is 115 cm³/mol. The predicted octanol–water partition coefficient (Wildman–Crippen LogP) is 4.52. The Balaban J connectivity index is 1.80. The van der Waals surface area contributed by atoms with Crippen LogP contribution in [0.1, 0.15) is 32.2 Å². The number of carbonyl (C=O) groups excluding carboxylic acids is 2. The van der Waals surface area contributed by atoms with Gasteiger partial charge in [-0.05, 0) is 64.6 Å². The molecule has 0 saturated heterocycles. The molecule has 1 aliphatic heterocycles. The summed E-state index contributed by atoms with van der Waals surface area (Å²) in [6.45, 7) is 0. The highest BCUT2D eigenvalue weighted by atomic mass is 127. The van der Waals surface area contributed by atoms with Crippen LogP contribution in [0.15, 0.2) is 72.8 Å². The summed E-state index contributed by atoms with van der Waals surface area (Å²) in [5.41, 5.74) is 9.08. The van der Waals surface area contributed by atoms with Crippen LogP contribution in [0, 0.1) is 3.57 Å². The molecule has 5 heteroatoms. The van der Waals surface area contributed by atoms with Crippen molar-refractivity contribution in [2.24, 2.45) is 0 Å². The molecular weight excluding hydrogens is 451 g/mol. The molecule has 3 N–H and O–H groups in total. The van der Waals surface area contributed by atoms with Crippen LogP contribution in [0.5, 0.6) is 0 Å². The molecule has 0 radical (unpaired) electrons. The SMILES string of the molecule is Nc1ccccc1C(=O)C(c1ccc(I)cc1)C1Nc2ccccc2C1=O. The number of halogens is 1. The summed E-state index contributed by atoms with van der Waals surface area (Å²) in [7, 11) is 0. The first-order valence-corrected chi connectivity index (χ1v) is 9.68. The summed E-state index contributed by atoms with van der Waals surface area (Å²) in [5.74, 6) is -0.892. The van der Waals surface area contributed by atoms with Gasteiger partial charge in [-0.3, -0.25) is 9.59 Å². The molecular formula is C22H17IN2O2. The zero-order valence-electron chi connectivity index (χ0n) is 14.4. The molecule has 1 aliphatic rings. The number of ketones is 2. The van der Waals surface area contributed by atoms with Gasteiger partial charge in [-0.1, -0.05) is 36.4 Å². The summed E-state index contributed by atoms with van der Waals surface area (Å²) in [5, 5.41) is 3.25. The van der Waals surface area contributed by atoms with E-state index in [1.807, 2.05) is 42.5 Å². The molecule has 2 atom stereocenters. The van der Waals surface area contributed by atoms with Crippen LogP contribution in [0.3, 0.4) is 0 Å². The number of nitrogens with two attached hydrogens (primary N) is 1. The van der Waals surface area contributed by atoms with Gasteiger partial charge in [0, 0.05) is 26.1 Å². The van der Waals surface area contributed by atoms with E-state index in [1.165, 1.54) is 0 Å². The van der Waals surface area contributed by atoms with Crippen molar-refractivity contribution >= 4 is 45.5 Å². The molecule has 4 rings (SSSR count). The highest BCUT2D eigenvalue weighted by Gasteiger charge is 2.40. The molecule has 0 spiro atoms. The maximum atomic E-state index is 13.5. The molecule has 0 aromatic heterocycles. The van der Waals surface area contributed by atoms with Crippen molar-refractivity contribution < 1.29 is 9.59 Å². The molecule has 0 amide bonds. The first-order valence-electron chi connectivity index (χ1n) is 8.60. The van der Waals surface area contributed by atoms with Crippen LogP contribution >= 0.6 is 22.6 Å². The standard InChI is InChI=1S/C22H17IN2O2/c23-14-11-9-13(10-12-14)19(21(26)15-5-1-3-7-17(15)24)20-22(27)16-6-2-4-8-18(16)25-20/h1-12,19-20,25H,24H2. The van der Waals surface area contributed by atoms with Crippen LogP contribution in [0.2, 0.25) is 0 Å². The number of Topliss-reactive ketones (excluding diaryl/α,β-unsaturated/α-hetero) is 2. The maximum Gasteiger partial charge on any atom is 0.188 e. The second-order valence-corrected chi connectivity index (χ2v) is 7.76. The molecule has 1 heterocycles. The number of benzene rings is 3. The second kappa shape index (κ2) is 7.15. The molecule has 134 valence electrons. The van der Waals surface area contributed by atoms with E-state index in [9.17, 15) is 9.59 Å². The quantitative estimate of drug-likeness (QED) is 0.336. The Bertz CT molecular complexity index is 1030. The Morgan fingerprint density at radius 1 is 0.963 bits per heavy atom. The molecule has 4 nitrogen and oxygen atoms in total. The third-order valence-corrected chi connectivity index (χ3v) is 5.58. The van der Waals surface area contributed by atoms with Crippen LogP contribution < -0.4 is 11.1 Å². The lowest BCUT2D eigenvalue weighted by atomic mass is 9.82. The zero-order chi connectivity index (χ0) is 19.0. The Kier molecular flexibility index (Phi) is 4.70. The minimum atomic E-state index is -0.661. The Hall–Kier alpha value is -2.67. The van der Waals surface area contributed by atoms with Crippen molar-refractivity contribution in [3.8, 4) is 0 Å². The summed E-state index contributed by atoms with van der Waals surface area (Å²) in [6.07, 6.45) is 0. The van der Waals surface area contributed by atoms with Gasteiger partial charge in [0.1, 0.15) is 6.04 Å². The number of para-hydroxylation sites is 2. The topological polar surface area (TPSA) is 72.2 Å². The average molecular weight is 468 g/mol. The molecule has 0 bridgehead atoms. The van der Waals surface area contributed by atoms with Gasteiger partial charge in [-0.15, -0.1) is 0 Å². The number of anilines is 2. The average Bonchev–Trinajstić information content (AvgIpc) is 3.00. The second-order valence-electron chi connectivity index (χ2n) is 6.51. The molecule has 27 heavy (non-hydrogen) atoms. The molecule has 2 unspecified atom stereocenters. The van der Waals surface area contributed by atoms with E-state index in [0.29, 0.717) is 16.8 Å². The minimum absolute atomic E-state index is 0.0722. The van der Waals surface area contributed by atoms with Crippen molar-refractivity contribution in [2.45, 2.75) is 12.0 Å². The zero-order valence-corrected chi connectivity index (χ0v) is 16.5. The number of hydrogen-bond donors (Lipinski definition) is 2. The van der Waals surface area contributed by atoms with Gasteiger partial charge >= 0.3 is 0 Å². The van der Waals surface area contributed by atoms with Crippen molar-refractivity contribution in [1.82, 2.24) is 0 Å². The van der Waals surface area contributed by atoms with Crippen LogP contribution in [0.25, 0.3) is 0 Å². The first kappa shape index (κ1) is 17.7. The Labute approximate surface area is 170 Å². The smallest absolute Gasteiger partial charge is 0.188 e. The Morgan fingerprint density at radius 2 is 1.63 bits per heavy atom. The van der Waals surface area contributed by atoms with Gasteiger partial charge in [0.15, 0.2) is 11.6 Å². The monoisotopic (exact) mass is 468 g/mol. The minimum Gasteiger partial charge on any atom is -0.398 e. The lowest BCUT2D eigenvalue weighted by Gasteiger charge is -2.23. The van der Waals surface area contributed by atoms with E-state index in [1.54, 1.807) is 30.3 Å². The van der Waals surface area contributed by atoms with E-state index in [2.05, 4.69) is 27.9 Å². The van der Waals surface area contributed by atoms with E-state index >= 15 is 0 Å². The van der Waals surface area contributed by atoms with Gasteiger partial charge < -0.3 is 11.1 Å². The third kappa shape index (κ3) is 3.23. The fourth-order valence-electron chi connectivity index (χ4n) is 3.51. The number of fused-ring (bicyclic) bond motifs is 1. The van der Waals surface area contributed by atoms with Crippen molar-refractivity contribution in [1.29, 1.82) is 0 Å². The first-order chi connectivity index (χ1) is 13.1. The normalized spacial score (nSPS) is 16.5. The summed E-state index contributed by atoms with van der Waals surface area (Å²) in [4.78, 5) is 26.5. The molecule has 3 aromatic rings. The fraction of sp³-hybridized carbons (Fsp3) is 0.0909. The summed E-state index contributed by atoms with van der Waals surface area (Å²) in [6, 6.07) is 21.4. The van der Waals surface area contributed by atoms with Gasteiger partial charge in [0.05, 0.1) is 5.92 Å². The summed E-state index contributed by atoms with van der Waals surface area (Å²) < 4.78 is 1.07. The lowest BCUT2D eigenvalue weighted by molar-refractivity contribution is 0.0886. The van der Waals surface area contributed by atoms with E-state index in [-0.39, 0.29) is 11.6 Å². The number of nitrogens with one attached hydrogen (secondary N) is 1. The maximum absolute atomic E-state index is 13.5. The van der Waals surface area contributed by atoms with Crippen molar-refractivity contribution in [2.75, 3.05) is 11.1 Å². The van der Waals surface area contributed by atoms with E-state index < -0.39 is 12.0 Å².